The van der Waals surface area contributed by atoms with Gasteiger partial charge in [0.25, 0.3) is 0 Å². The number of hydrogen-bond donors (Lipinski definition) is 0. The van der Waals surface area contributed by atoms with E-state index in [1.807, 2.05) is 0 Å². The van der Waals surface area contributed by atoms with Gasteiger partial charge in [0.05, 0.1) is 24.7 Å². The summed E-state index contributed by atoms with van der Waals surface area (Å²) in [5.41, 5.74) is -0.251. The highest BCUT2D eigenvalue weighted by Crippen LogP contribution is 2.45. The molecule has 7 aromatic carbocycles. The molecule has 182 valence electrons. The molecule has 0 aliphatic rings. The molecule has 0 unspecified atom stereocenters. The van der Waals surface area contributed by atoms with E-state index in [0.717, 1.165) is 0 Å². The molecule has 0 spiro atoms. The largest absolute Gasteiger partial charge is 0.455 e. The molecule has 1 heterocycles. The maximum atomic E-state index is 9.19. The Labute approximate surface area is 251 Å². The van der Waals surface area contributed by atoms with Crippen molar-refractivity contribution in [3.8, 4) is 33.4 Å². The predicted octanol–water partition coefficient (Wildman–Crippen LogP) is 10.9. The van der Waals surface area contributed by atoms with Crippen LogP contribution >= 0.6 is 0 Å². The van der Waals surface area contributed by atoms with E-state index in [-0.39, 0.29) is 55.0 Å². The van der Waals surface area contributed by atoms with Crippen molar-refractivity contribution >= 4 is 43.5 Å². The maximum Gasteiger partial charge on any atom is 0.143 e. The first-order valence-corrected chi connectivity index (χ1v) is 11.9. The van der Waals surface area contributed by atoms with E-state index in [0.29, 0.717) is 10.8 Å². The van der Waals surface area contributed by atoms with Crippen LogP contribution in [-0.4, -0.2) is 0 Å². The lowest BCUT2D eigenvalue weighted by molar-refractivity contribution is 0.670. The molecule has 0 bridgehead atoms. The van der Waals surface area contributed by atoms with Gasteiger partial charge in [-0.3, -0.25) is 0 Å². The Morgan fingerprint density at radius 1 is 0.436 bits per heavy atom. The SMILES string of the molecule is [2H]c1c([2H])c([2H])c(-c2cccc3c2oc2ccc(-c4c5c([2H])c([2H])c([2H])c([2H])c5c(-c5c([2H])c([2H])c([2H])c([2H])c5[2H])c5c([2H])c([2H])c([2H])c([2H])c45)cc23)c([2H])c1[2H]. The topological polar surface area (TPSA) is 13.1 Å². The van der Waals surface area contributed by atoms with Crippen molar-refractivity contribution in [1.82, 2.24) is 0 Å². The smallest absolute Gasteiger partial charge is 0.143 e. The van der Waals surface area contributed by atoms with Gasteiger partial charge in [-0.2, -0.15) is 0 Å². The molecule has 0 aliphatic heterocycles. The third-order valence-electron chi connectivity index (χ3n) is 6.68. The Morgan fingerprint density at radius 2 is 0.974 bits per heavy atom. The van der Waals surface area contributed by atoms with E-state index < -0.39 is 120 Å². The van der Waals surface area contributed by atoms with E-state index in [1.54, 1.807) is 24.3 Å². The molecule has 39 heavy (non-hydrogen) atoms. The highest BCUT2D eigenvalue weighted by molar-refractivity contribution is 6.22. The van der Waals surface area contributed by atoms with Crippen molar-refractivity contribution in [3.63, 3.8) is 0 Å². The van der Waals surface area contributed by atoms with Crippen LogP contribution < -0.4 is 0 Å². The highest BCUT2D eigenvalue weighted by Gasteiger charge is 2.18. The number of hydrogen-bond acceptors (Lipinski definition) is 1. The average molecular weight is 515 g/mol. The fourth-order valence-corrected chi connectivity index (χ4v) is 5.07. The summed E-state index contributed by atoms with van der Waals surface area (Å²) in [5.74, 6) is 0. The molecular formula is C38H24O. The Bertz CT molecular complexity index is 3030. The zero-order chi connectivity index (χ0) is 41.4. The summed E-state index contributed by atoms with van der Waals surface area (Å²) >= 11 is 0. The van der Waals surface area contributed by atoms with Crippen LogP contribution in [0.5, 0.6) is 0 Å². The van der Waals surface area contributed by atoms with Crippen LogP contribution in [0, 0.1) is 0 Å². The Morgan fingerprint density at radius 3 is 1.59 bits per heavy atom. The van der Waals surface area contributed by atoms with Crippen molar-refractivity contribution in [3.05, 3.63) is 145 Å². The van der Waals surface area contributed by atoms with Gasteiger partial charge in [0, 0.05) is 16.3 Å². The molecule has 0 radical (unpaired) electrons. The van der Waals surface area contributed by atoms with Gasteiger partial charge in [-0.05, 0) is 61.5 Å². The van der Waals surface area contributed by atoms with Crippen molar-refractivity contribution in [2.24, 2.45) is 0 Å². The number of fused-ring (bicyclic) bond motifs is 5. The number of furan rings is 1. The normalized spacial score (nSPS) is 18.1. The van der Waals surface area contributed by atoms with Crippen LogP contribution in [0.15, 0.2) is 150 Å². The molecular weight excluding hydrogens is 472 g/mol. The van der Waals surface area contributed by atoms with Gasteiger partial charge in [-0.15, -0.1) is 0 Å². The lowest BCUT2D eigenvalue weighted by atomic mass is 9.86. The van der Waals surface area contributed by atoms with E-state index >= 15 is 0 Å². The van der Waals surface area contributed by atoms with Crippen LogP contribution in [0.4, 0.5) is 0 Å². The van der Waals surface area contributed by atoms with Gasteiger partial charge in [0.1, 0.15) is 11.2 Å². The third-order valence-corrected chi connectivity index (χ3v) is 6.68. The molecule has 0 N–H and O–H groups in total. The minimum Gasteiger partial charge on any atom is -0.455 e. The first kappa shape index (κ1) is 10.6. The quantitative estimate of drug-likeness (QED) is 0.214. The number of benzene rings is 7. The summed E-state index contributed by atoms with van der Waals surface area (Å²) in [6.07, 6.45) is 0. The van der Waals surface area contributed by atoms with Gasteiger partial charge in [-0.1, -0.05) is 133 Å². The number of rotatable bonds is 3. The van der Waals surface area contributed by atoms with E-state index in [9.17, 15) is 2.74 Å². The van der Waals surface area contributed by atoms with Crippen LogP contribution in [0.3, 0.4) is 0 Å². The zero-order valence-electron chi connectivity index (χ0n) is 37.9. The van der Waals surface area contributed by atoms with Crippen molar-refractivity contribution in [2.75, 3.05) is 0 Å². The third kappa shape index (κ3) is 3.41. The van der Waals surface area contributed by atoms with Crippen molar-refractivity contribution in [2.45, 2.75) is 0 Å². The van der Waals surface area contributed by atoms with Crippen LogP contribution in [0.2, 0.25) is 0 Å². The summed E-state index contributed by atoms with van der Waals surface area (Å²) in [7, 11) is 0. The summed E-state index contributed by atoms with van der Waals surface area (Å²) < 4.78 is 162. The zero-order valence-corrected chi connectivity index (χ0v) is 19.9. The minimum absolute atomic E-state index is 0.0619. The summed E-state index contributed by atoms with van der Waals surface area (Å²) in [5, 5.41) is -0.348. The predicted molar refractivity (Wildman–Crippen MR) is 165 cm³/mol. The molecule has 8 aromatic rings. The van der Waals surface area contributed by atoms with Gasteiger partial charge in [-0.25, -0.2) is 0 Å². The van der Waals surface area contributed by atoms with Crippen LogP contribution in [0.25, 0.3) is 76.9 Å². The molecule has 1 aromatic heterocycles. The standard InChI is InChI=1S/C38H24O/c1-3-12-25(13-4-1)28-20-11-21-33-34-24-27(22-23-35(34)39-38(28)33)37-31-18-9-7-16-29(31)36(26-14-5-2-6-15-26)30-17-8-10-19-32(30)37/h1-24H/i1D,2D,3D,4D,5D,6D,7D,8D,9D,10D,12D,13D,14D,15D,16D,17D,18D,19D. The summed E-state index contributed by atoms with van der Waals surface area (Å²) in [4.78, 5) is 0. The molecule has 0 atom stereocenters. The van der Waals surface area contributed by atoms with Gasteiger partial charge < -0.3 is 4.42 Å². The molecule has 0 fully saturated rings. The molecule has 0 saturated carbocycles. The molecule has 8 rings (SSSR count). The van der Waals surface area contributed by atoms with E-state index in [4.69, 9.17) is 26.3 Å². The molecule has 0 saturated heterocycles. The second-order valence-corrected chi connectivity index (χ2v) is 8.75. The monoisotopic (exact) mass is 514 g/mol. The summed E-state index contributed by atoms with van der Waals surface area (Å²) in [6.45, 7) is 0. The molecule has 1 nitrogen and oxygen atoms in total. The minimum atomic E-state index is -0.765. The first-order valence-electron chi connectivity index (χ1n) is 20.9. The van der Waals surface area contributed by atoms with E-state index in [1.165, 1.54) is 12.1 Å². The first-order chi connectivity index (χ1) is 26.8. The Balaban J connectivity index is 1.59. The fourth-order valence-electron chi connectivity index (χ4n) is 5.07. The van der Waals surface area contributed by atoms with Crippen molar-refractivity contribution in [1.29, 1.82) is 0 Å². The Hall–Kier alpha value is -5.14. The highest BCUT2D eigenvalue weighted by atomic mass is 16.3. The second kappa shape index (κ2) is 8.72. The molecule has 0 amide bonds. The molecule has 0 aliphatic carbocycles. The van der Waals surface area contributed by atoms with Crippen LogP contribution in [0.1, 0.15) is 24.7 Å². The van der Waals surface area contributed by atoms with Crippen LogP contribution in [-0.2, 0) is 0 Å². The second-order valence-electron chi connectivity index (χ2n) is 8.75. The Kier molecular flexibility index (Phi) is 2.36. The van der Waals surface area contributed by atoms with Gasteiger partial charge in [0.15, 0.2) is 0 Å². The lowest BCUT2D eigenvalue weighted by Crippen LogP contribution is -1.90. The maximum absolute atomic E-state index is 9.19. The van der Waals surface area contributed by atoms with Crippen molar-refractivity contribution < 1.29 is 29.1 Å². The fraction of sp³-hybridized carbons (Fsp3) is 0. The summed E-state index contributed by atoms with van der Waals surface area (Å²) in [6, 6.07) is -2.35. The average Bonchev–Trinajstić information content (AvgIpc) is 3.58. The van der Waals surface area contributed by atoms with E-state index in [2.05, 4.69) is 0 Å². The number of para-hydroxylation sites is 1. The molecule has 1 heteroatoms. The van der Waals surface area contributed by atoms with Gasteiger partial charge in [0.2, 0.25) is 0 Å². The van der Waals surface area contributed by atoms with Gasteiger partial charge >= 0.3 is 0 Å². The lowest BCUT2D eigenvalue weighted by Gasteiger charge is -2.17.